The van der Waals surface area contributed by atoms with E-state index in [4.69, 9.17) is 18.5 Å². The first-order valence-corrected chi connectivity index (χ1v) is 10.6. The molecule has 1 saturated heterocycles. The van der Waals surface area contributed by atoms with Crippen molar-refractivity contribution in [2.24, 2.45) is 0 Å². The summed E-state index contributed by atoms with van der Waals surface area (Å²) in [6.07, 6.45) is 0. The second-order valence-corrected chi connectivity index (χ2v) is 8.35. The maximum absolute atomic E-state index is 12.0. The molecule has 0 bridgehead atoms. The topological polar surface area (TPSA) is 74.2 Å². The van der Waals surface area contributed by atoms with Gasteiger partial charge < -0.3 is 18.9 Å². The van der Waals surface area contributed by atoms with Gasteiger partial charge >= 0.3 is 7.82 Å². The van der Waals surface area contributed by atoms with Crippen LogP contribution >= 0.6 is 7.82 Å². The van der Waals surface area contributed by atoms with Crippen molar-refractivity contribution < 1.29 is 32.5 Å². The van der Waals surface area contributed by atoms with E-state index in [0.717, 1.165) is 28.3 Å². The maximum Gasteiger partial charge on any atom is 0.472 e. The van der Waals surface area contributed by atoms with Crippen molar-refractivity contribution in [1.29, 1.82) is 0 Å². The number of likely N-dealkylation sites (N-methyl/N-ethyl adjacent to an activating group) is 1. The summed E-state index contributed by atoms with van der Waals surface area (Å²) in [6, 6.07) is 13.7. The van der Waals surface area contributed by atoms with Gasteiger partial charge in [0.2, 0.25) is 0 Å². The molecule has 0 radical (unpaired) electrons. The van der Waals surface area contributed by atoms with Crippen molar-refractivity contribution in [1.82, 2.24) is 0 Å². The minimum absolute atomic E-state index is 0.0272. The number of nitrogens with zero attached hydrogens (tertiary/aromatic N) is 1. The molecule has 1 fully saturated rings. The van der Waals surface area contributed by atoms with Crippen LogP contribution in [0.5, 0.6) is 5.75 Å². The van der Waals surface area contributed by atoms with E-state index in [0.29, 0.717) is 25.5 Å². The third-order valence-electron chi connectivity index (χ3n) is 4.76. The smallest absolute Gasteiger partial charge is 0.472 e. The zero-order chi connectivity index (χ0) is 19.2. The number of fused-ring (bicyclic) bond motifs is 1. The van der Waals surface area contributed by atoms with Crippen LogP contribution in [0.25, 0.3) is 10.8 Å². The average Bonchev–Trinajstić information content (AvgIpc) is 2.65. The van der Waals surface area contributed by atoms with E-state index < -0.39 is 7.82 Å². The lowest BCUT2D eigenvalue weighted by atomic mass is 10.1. The van der Waals surface area contributed by atoms with Crippen LogP contribution in [0.4, 0.5) is 0 Å². The lowest BCUT2D eigenvalue weighted by molar-refractivity contribution is -0.916. The van der Waals surface area contributed by atoms with Gasteiger partial charge in [0.25, 0.3) is 0 Å². The van der Waals surface area contributed by atoms with E-state index >= 15 is 0 Å². The lowest BCUT2D eigenvalue weighted by Gasteiger charge is -2.37. The second-order valence-electron chi connectivity index (χ2n) is 6.90. The fraction of sp³-hybridized carbons (Fsp3) is 0.474. The van der Waals surface area contributed by atoms with Gasteiger partial charge in [0.15, 0.2) is 0 Å². The van der Waals surface area contributed by atoms with Crippen LogP contribution in [-0.2, 0) is 18.3 Å². The minimum Gasteiger partial charge on any atom is -0.491 e. The Kier molecular flexibility index (Phi) is 6.87. The summed E-state index contributed by atoms with van der Waals surface area (Å²) in [7, 11) is -1.98. The number of phosphoric acid groups is 1. The molecule has 1 heterocycles. The highest BCUT2D eigenvalue weighted by Gasteiger charge is 2.27. The van der Waals surface area contributed by atoms with Crippen molar-refractivity contribution in [2.45, 2.75) is 0 Å². The zero-order valence-corrected chi connectivity index (χ0v) is 16.5. The SMILES string of the molecule is C[N+]1(CCOP(=O)(O)OCCOc2ccc3ccccc3c2)CCOCC1. The molecular formula is C19H27NO6P+. The van der Waals surface area contributed by atoms with E-state index in [-0.39, 0.29) is 19.8 Å². The molecule has 7 nitrogen and oxygen atoms in total. The van der Waals surface area contributed by atoms with Gasteiger partial charge in [0.1, 0.15) is 38.6 Å². The van der Waals surface area contributed by atoms with Crippen LogP contribution in [0.1, 0.15) is 0 Å². The van der Waals surface area contributed by atoms with E-state index in [1.165, 1.54) is 0 Å². The molecule has 148 valence electrons. The quantitative estimate of drug-likeness (QED) is 0.399. The standard InChI is InChI=1S/C19H26NO6P/c1-20(8-11-23-12-9-20)10-13-25-27(21,22)26-15-14-24-19-7-6-17-4-2-3-5-18(17)16-19/h2-7,16H,8-15H2,1H3/p+1. The third-order valence-corrected chi connectivity index (χ3v) is 5.78. The van der Waals surface area contributed by atoms with Crippen LogP contribution in [0.3, 0.4) is 0 Å². The van der Waals surface area contributed by atoms with Gasteiger partial charge in [-0.3, -0.25) is 9.05 Å². The van der Waals surface area contributed by atoms with Crippen molar-refractivity contribution in [3.8, 4) is 5.75 Å². The number of phosphoric ester groups is 1. The van der Waals surface area contributed by atoms with Gasteiger partial charge in [-0.05, 0) is 22.9 Å². The Labute approximate surface area is 159 Å². The Morgan fingerprint density at radius 2 is 1.74 bits per heavy atom. The number of morpholine rings is 1. The van der Waals surface area contributed by atoms with Crippen molar-refractivity contribution in [3.63, 3.8) is 0 Å². The summed E-state index contributed by atoms with van der Waals surface area (Å²) < 4.78 is 33.8. The highest BCUT2D eigenvalue weighted by molar-refractivity contribution is 7.47. The van der Waals surface area contributed by atoms with Crippen molar-refractivity contribution in [3.05, 3.63) is 42.5 Å². The summed E-state index contributed by atoms with van der Waals surface area (Å²) in [4.78, 5) is 9.79. The van der Waals surface area contributed by atoms with Crippen LogP contribution < -0.4 is 4.74 Å². The molecule has 0 amide bonds. The second kappa shape index (κ2) is 9.15. The summed E-state index contributed by atoms with van der Waals surface area (Å²) >= 11 is 0. The Morgan fingerprint density at radius 1 is 1.04 bits per heavy atom. The Hall–Kier alpha value is -1.47. The largest absolute Gasteiger partial charge is 0.491 e. The molecule has 0 aromatic heterocycles. The molecule has 1 N–H and O–H groups in total. The fourth-order valence-corrected chi connectivity index (χ4v) is 3.68. The van der Waals surface area contributed by atoms with Gasteiger partial charge in [-0.2, -0.15) is 0 Å². The average molecular weight is 396 g/mol. The first-order valence-electron chi connectivity index (χ1n) is 9.11. The minimum atomic E-state index is -4.07. The summed E-state index contributed by atoms with van der Waals surface area (Å²) in [5.41, 5.74) is 0. The number of hydrogen-bond donors (Lipinski definition) is 1. The Balaban J connectivity index is 1.37. The molecule has 8 heteroatoms. The van der Waals surface area contributed by atoms with Gasteiger partial charge in [-0.15, -0.1) is 0 Å². The first kappa shape index (κ1) is 20.3. The summed E-state index contributed by atoms with van der Waals surface area (Å²) in [5, 5.41) is 2.21. The lowest BCUT2D eigenvalue weighted by Crippen LogP contribution is -2.53. The van der Waals surface area contributed by atoms with Crippen LogP contribution in [0, 0.1) is 0 Å². The van der Waals surface area contributed by atoms with Gasteiger partial charge in [-0.1, -0.05) is 30.3 Å². The molecule has 2 aromatic rings. The molecule has 1 aliphatic rings. The van der Waals surface area contributed by atoms with Crippen LogP contribution in [-0.4, -0.2) is 69.1 Å². The Morgan fingerprint density at radius 3 is 2.52 bits per heavy atom. The summed E-state index contributed by atoms with van der Waals surface area (Å²) in [5.74, 6) is 0.690. The predicted octanol–water partition coefficient (Wildman–Crippen LogP) is 2.83. The Bertz CT molecular complexity index is 793. The van der Waals surface area contributed by atoms with Gasteiger partial charge in [0, 0.05) is 0 Å². The number of rotatable bonds is 9. The maximum atomic E-state index is 12.0. The molecular weight excluding hydrogens is 369 g/mol. The van der Waals surface area contributed by atoms with Crippen LogP contribution in [0.15, 0.2) is 42.5 Å². The van der Waals surface area contributed by atoms with Gasteiger partial charge in [-0.25, -0.2) is 4.57 Å². The normalized spacial score (nSPS) is 18.9. The summed E-state index contributed by atoms with van der Waals surface area (Å²) in [6.45, 7) is 4.10. The molecule has 0 saturated carbocycles. The monoisotopic (exact) mass is 396 g/mol. The molecule has 1 atom stereocenters. The van der Waals surface area contributed by atoms with E-state index in [1.807, 2.05) is 42.5 Å². The van der Waals surface area contributed by atoms with E-state index in [1.54, 1.807) is 0 Å². The van der Waals surface area contributed by atoms with Crippen molar-refractivity contribution >= 4 is 18.6 Å². The number of hydrogen-bond acceptors (Lipinski definition) is 5. The third kappa shape index (κ3) is 6.28. The highest BCUT2D eigenvalue weighted by atomic mass is 31.2. The molecule has 1 aliphatic heterocycles. The van der Waals surface area contributed by atoms with Crippen LogP contribution in [0.2, 0.25) is 0 Å². The predicted molar refractivity (Wildman–Crippen MR) is 103 cm³/mol. The molecule has 27 heavy (non-hydrogen) atoms. The van der Waals surface area contributed by atoms with E-state index in [2.05, 4.69) is 7.05 Å². The van der Waals surface area contributed by atoms with Gasteiger partial charge in [0.05, 0.1) is 26.9 Å². The molecule has 3 rings (SSSR count). The fourth-order valence-electron chi connectivity index (χ4n) is 2.99. The van der Waals surface area contributed by atoms with Crippen molar-refractivity contribution in [2.75, 3.05) is 59.7 Å². The molecule has 0 aliphatic carbocycles. The highest BCUT2D eigenvalue weighted by Crippen LogP contribution is 2.42. The number of ether oxygens (including phenoxy) is 2. The number of quaternary nitrogens is 1. The zero-order valence-electron chi connectivity index (χ0n) is 15.6. The molecule has 1 unspecified atom stereocenters. The number of benzene rings is 2. The van der Waals surface area contributed by atoms with E-state index in [9.17, 15) is 9.46 Å². The first-order chi connectivity index (χ1) is 13.0. The molecule has 2 aromatic carbocycles. The molecule has 0 spiro atoms.